The first kappa shape index (κ1) is 16.6. The zero-order chi connectivity index (χ0) is 17.8. The van der Waals surface area contributed by atoms with E-state index in [4.69, 9.17) is 0 Å². The number of anilines is 1. The lowest BCUT2D eigenvalue weighted by Crippen LogP contribution is -2.35. The third-order valence-corrected chi connectivity index (χ3v) is 3.94. The van der Waals surface area contributed by atoms with Crippen molar-refractivity contribution in [3.63, 3.8) is 0 Å². The molecule has 126 valence electrons. The number of nitrogens with zero attached hydrogens (tertiary/aromatic N) is 3. The summed E-state index contributed by atoms with van der Waals surface area (Å²) in [6.07, 6.45) is 1.49. The van der Waals surface area contributed by atoms with Gasteiger partial charge in [-0.05, 0) is 25.5 Å². The molecule has 0 aliphatic rings. The maximum atomic E-state index is 12.4. The minimum Gasteiger partial charge on any atom is -0.324 e. The fraction of sp³-hybridized carbons (Fsp3) is 0.158. The molecule has 0 saturated carbocycles. The van der Waals surface area contributed by atoms with E-state index < -0.39 is 11.7 Å². The van der Waals surface area contributed by atoms with Crippen molar-refractivity contribution in [3.8, 4) is 11.3 Å². The monoisotopic (exact) mass is 334 g/mol. The Morgan fingerprint density at radius 3 is 2.44 bits per heavy atom. The number of hydrogen-bond donors (Lipinski definition) is 1. The van der Waals surface area contributed by atoms with Crippen molar-refractivity contribution < 1.29 is 4.79 Å². The predicted octanol–water partition coefficient (Wildman–Crippen LogP) is 2.81. The Labute approximate surface area is 145 Å². The molecule has 0 radical (unpaired) electrons. The Kier molecular flexibility index (Phi) is 4.70. The van der Waals surface area contributed by atoms with Crippen LogP contribution >= 0.6 is 0 Å². The van der Waals surface area contributed by atoms with Crippen LogP contribution in [0.4, 0.5) is 5.69 Å². The molecular formula is C19H18N4O2. The molecule has 1 atom stereocenters. The lowest BCUT2D eigenvalue weighted by molar-refractivity contribution is -0.119. The van der Waals surface area contributed by atoms with Gasteiger partial charge in [-0.2, -0.15) is 10.1 Å². The lowest BCUT2D eigenvalue weighted by atomic mass is 10.2. The van der Waals surface area contributed by atoms with Gasteiger partial charge in [0.2, 0.25) is 5.91 Å². The second-order valence-corrected chi connectivity index (χ2v) is 5.71. The van der Waals surface area contributed by atoms with E-state index in [1.165, 1.54) is 6.20 Å². The Balaban J connectivity index is 1.83. The van der Waals surface area contributed by atoms with Gasteiger partial charge in [-0.1, -0.05) is 48.5 Å². The largest absolute Gasteiger partial charge is 0.365 e. The highest BCUT2D eigenvalue weighted by atomic mass is 16.2. The number of aromatic nitrogens is 3. The first-order valence-electron chi connectivity index (χ1n) is 7.94. The van der Waals surface area contributed by atoms with E-state index in [1.807, 2.05) is 61.5 Å². The van der Waals surface area contributed by atoms with Crippen LogP contribution in [-0.4, -0.2) is 20.7 Å². The maximum absolute atomic E-state index is 12.4. The summed E-state index contributed by atoms with van der Waals surface area (Å²) in [6.45, 7) is 3.52. The van der Waals surface area contributed by atoms with Crippen LogP contribution in [0.15, 0.2) is 65.6 Å². The lowest BCUT2D eigenvalue weighted by Gasteiger charge is -2.15. The SMILES string of the molecule is Cc1ccccc1NC(=O)[C@H](C)n1ncc(-c2ccccc2)nc1=O. The summed E-state index contributed by atoms with van der Waals surface area (Å²) in [4.78, 5) is 28.8. The van der Waals surface area contributed by atoms with Gasteiger partial charge in [-0.25, -0.2) is 9.48 Å². The molecule has 0 spiro atoms. The Hall–Kier alpha value is -3.28. The third kappa shape index (κ3) is 3.63. The number of hydrogen-bond acceptors (Lipinski definition) is 4. The summed E-state index contributed by atoms with van der Waals surface area (Å²) in [5.74, 6) is -0.321. The number of benzene rings is 2. The van der Waals surface area contributed by atoms with E-state index in [1.54, 1.807) is 6.92 Å². The molecule has 1 heterocycles. The molecule has 3 aromatic rings. The molecule has 2 aromatic carbocycles. The van der Waals surface area contributed by atoms with Crippen LogP contribution in [0, 0.1) is 6.92 Å². The fourth-order valence-electron chi connectivity index (χ4n) is 2.42. The van der Waals surface area contributed by atoms with Gasteiger partial charge < -0.3 is 5.32 Å². The van der Waals surface area contributed by atoms with Gasteiger partial charge in [0.25, 0.3) is 0 Å². The van der Waals surface area contributed by atoms with Crippen molar-refractivity contribution in [2.24, 2.45) is 0 Å². The molecule has 0 fully saturated rings. The van der Waals surface area contributed by atoms with Crippen molar-refractivity contribution in [1.82, 2.24) is 14.8 Å². The highest BCUT2D eigenvalue weighted by Gasteiger charge is 2.19. The Bertz CT molecular complexity index is 951. The summed E-state index contributed by atoms with van der Waals surface area (Å²) in [5.41, 5.74) is 2.38. The van der Waals surface area contributed by atoms with Gasteiger partial charge in [0.1, 0.15) is 6.04 Å². The standard InChI is InChI=1S/C19H18N4O2/c1-13-8-6-7-11-16(13)21-18(24)14(2)23-19(25)22-17(12-20-23)15-9-4-3-5-10-15/h3-12,14H,1-2H3,(H,21,24)/t14-/m0/s1. The molecule has 0 saturated heterocycles. The smallest absolute Gasteiger partial charge is 0.324 e. The molecule has 1 amide bonds. The van der Waals surface area contributed by atoms with Crippen molar-refractivity contribution in [3.05, 3.63) is 76.8 Å². The van der Waals surface area contributed by atoms with Gasteiger partial charge >= 0.3 is 5.69 Å². The van der Waals surface area contributed by atoms with E-state index in [2.05, 4.69) is 15.4 Å². The number of carbonyl (C=O) groups is 1. The fourth-order valence-corrected chi connectivity index (χ4v) is 2.42. The molecule has 6 nitrogen and oxygen atoms in total. The summed E-state index contributed by atoms with van der Waals surface area (Å²) in [6, 6.07) is 16.0. The summed E-state index contributed by atoms with van der Waals surface area (Å²) in [5, 5.41) is 6.94. The van der Waals surface area contributed by atoms with E-state index >= 15 is 0 Å². The van der Waals surface area contributed by atoms with Crippen LogP contribution in [0.1, 0.15) is 18.5 Å². The number of rotatable bonds is 4. The van der Waals surface area contributed by atoms with Gasteiger partial charge in [0.05, 0.1) is 11.9 Å². The topological polar surface area (TPSA) is 76.9 Å². The van der Waals surface area contributed by atoms with Gasteiger partial charge in [0.15, 0.2) is 0 Å². The van der Waals surface area contributed by atoms with Crippen molar-refractivity contribution in [2.45, 2.75) is 19.9 Å². The number of para-hydroxylation sites is 1. The Morgan fingerprint density at radius 2 is 1.76 bits per heavy atom. The van der Waals surface area contributed by atoms with Crippen LogP contribution in [0.2, 0.25) is 0 Å². The molecule has 0 unspecified atom stereocenters. The second-order valence-electron chi connectivity index (χ2n) is 5.71. The average molecular weight is 334 g/mol. The second kappa shape index (κ2) is 7.09. The van der Waals surface area contributed by atoms with E-state index in [0.717, 1.165) is 15.8 Å². The van der Waals surface area contributed by atoms with Gasteiger partial charge in [-0.3, -0.25) is 4.79 Å². The van der Waals surface area contributed by atoms with Gasteiger partial charge in [-0.15, -0.1) is 0 Å². The number of carbonyl (C=O) groups excluding carboxylic acids is 1. The molecule has 6 heteroatoms. The molecule has 0 aliphatic carbocycles. The zero-order valence-electron chi connectivity index (χ0n) is 14.0. The van der Waals surface area contributed by atoms with Gasteiger partial charge in [0, 0.05) is 11.3 Å². The van der Waals surface area contributed by atoms with Crippen molar-refractivity contribution in [1.29, 1.82) is 0 Å². The van der Waals surface area contributed by atoms with E-state index in [-0.39, 0.29) is 5.91 Å². The maximum Gasteiger partial charge on any atom is 0.365 e. The first-order valence-corrected chi connectivity index (χ1v) is 7.94. The predicted molar refractivity (Wildman–Crippen MR) is 96.2 cm³/mol. The molecule has 1 N–H and O–H groups in total. The number of amides is 1. The summed E-state index contributed by atoms with van der Waals surface area (Å²) in [7, 11) is 0. The van der Waals surface area contributed by atoms with Crippen LogP contribution in [0.25, 0.3) is 11.3 Å². The minimum absolute atomic E-state index is 0.321. The van der Waals surface area contributed by atoms with Crippen LogP contribution < -0.4 is 11.0 Å². The molecular weight excluding hydrogens is 316 g/mol. The minimum atomic E-state index is -0.774. The quantitative estimate of drug-likeness (QED) is 0.796. The van der Waals surface area contributed by atoms with Crippen molar-refractivity contribution in [2.75, 3.05) is 5.32 Å². The van der Waals surface area contributed by atoms with Crippen LogP contribution in [0.3, 0.4) is 0 Å². The number of aryl methyl sites for hydroxylation is 1. The molecule has 1 aromatic heterocycles. The average Bonchev–Trinajstić information content (AvgIpc) is 2.63. The molecule has 3 rings (SSSR count). The summed E-state index contributed by atoms with van der Waals surface area (Å²) >= 11 is 0. The van der Waals surface area contributed by atoms with Crippen LogP contribution in [0.5, 0.6) is 0 Å². The van der Waals surface area contributed by atoms with Crippen molar-refractivity contribution >= 4 is 11.6 Å². The third-order valence-electron chi connectivity index (χ3n) is 3.94. The van der Waals surface area contributed by atoms with E-state index in [9.17, 15) is 9.59 Å². The first-order chi connectivity index (χ1) is 12.1. The summed E-state index contributed by atoms with van der Waals surface area (Å²) < 4.78 is 1.08. The number of nitrogens with one attached hydrogen (secondary N) is 1. The van der Waals surface area contributed by atoms with Crippen LogP contribution in [-0.2, 0) is 4.79 Å². The highest BCUT2D eigenvalue weighted by molar-refractivity contribution is 5.94. The molecule has 0 bridgehead atoms. The molecule has 0 aliphatic heterocycles. The van der Waals surface area contributed by atoms with E-state index in [0.29, 0.717) is 11.4 Å². The highest BCUT2D eigenvalue weighted by Crippen LogP contribution is 2.16. The molecule has 25 heavy (non-hydrogen) atoms. The Morgan fingerprint density at radius 1 is 1.08 bits per heavy atom. The zero-order valence-corrected chi connectivity index (χ0v) is 14.0. The normalized spacial score (nSPS) is 11.8.